The predicted octanol–water partition coefficient (Wildman–Crippen LogP) is -0.0871. The number of primary amides is 1. The van der Waals surface area contributed by atoms with Crippen molar-refractivity contribution in [3.8, 4) is 0 Å². The molecule has 0 aliphatic rings. The average Bonchev–Trinajstić information content (AvgIpc) is 2.66. The quantitative estimate of drug-likeness (QED) is 0.688. The Morgan fingerprint density at radius 1 is 1.47 bits per heavy atom. The lowest BCUT2D eigenvalue weighted by Crippen LogP contribution is -2.41. The fourth-order valence-corrected chi connectivity index (χ4v) is 1.45. The number of amides is 3. The van der Waals surface area contributed by atoms with Crippen molar-refractivity contribution < 1.29 is 23.9 Å². The van der Waals surface area contributed by atoms with Crippen LogP contribution in [0.15, 0.2) is 10.5 Å². The fourth-order valence-electron chi connectivity index (χ4n) is 1.45. The predicted molar refractivity (Wildman–Crippen MR) is 64.5 cm³/mol. The highest BCUT2D eigenvalue weighted by atomic mass is 16.4. The molecular weight excluding hydrogens is 254 g/mol. The lowest BCUT2D eigenvalue weighted by atomic mass is 10.2. The van der Waals surface area contributed by atoms with E-state index in [-0.39, 0.29) is 24.4 Å². The molecule has 104 valence electrons. The first-order chi connectivity index (χ1) is 8.81. The van der Waals surface area contributed by atoms with Gasteiger partial charge in [0.25, 0.3) is 0 Å². The summed E-state index contributed by atoms with van der Waals surface area (Å²) in [5, 5.41) is 11.3. The third kappa shape index (κ3) is 4.02. The molecule has 1 aromatic heterocycles. The molecule has 0 radical (unpaired) electrons. The van der Waals surface area contributed by atoms with E-state index >= 15 is 0 Å². The van der Waals surface area contributed by atoms with Crippen LogP contribution in [-0.4, -0.2) is 41.5 Å². The van der Waals surface area contributed by atoms with Gasteiger partial charge in [-0.25, -0.2) is 9.59 Å². The first kappa shape index (κ1) is 14.6. The lowest BCUT2D eigenvalue weighted by molar-refractivity contribution is -0.118. The number of carboxylic acids is 1. The number of rotatable bonds is 5. The van der Waals surface area contributed by atoms with E-state index in [0.717, 1.165) is 4.90 Å². The summed E-state index contributed by atoms with van der Waals surface area (Å²) in [5.41, 5.74) is 5.00. The zero-order chi connectivity index (χ0) is 14.6. The van der Waals surface area contributed by atoms with Gasteiger partial charge in [0, 0.05) is 7.05 Å². The van der Waals surface area contributed by atoms with E-state index in [4.69, 9.17) is 15.3 Å². The topological polar surface area (TPSA) is 126 Å². The Labute approximate surface area is 109 Å². The summed E-state index contributed by atoms with van der Waals surface area (Å²) in [6, 6.07) is 0.830. The summed E-state index contributed by atoms with van der Waals surface area (Å²) in [7, 11) is 1.41. The van der Waals surface area contributed by atoms with Gasteiger partial charge in [0.05, 0.1) is 6.54 Å². The van der Waals surface area contributed by atoms with Crippen LogP contribution in [0, 0.1) is 6.92 Å². The minimum absolute atomic E-state index is 0.0239. The maximum absolute atomic E-state index is 11.5. The van der Waals surface area contributed by atoms with Gasteiger partial charge in [-0.2, -0.15) is 0 Å². The molecule has 1 rings (SSSR count). The van der Waals surface area contributed by atoms with Gasteiger partial charge in [0.15, 0.2) is 0 Å². The number of nitrogens with zero attached hydrogens (tertiary/aromatic N) is 1. The molecule has 8 heteroatoms. The van der Waals surface area contributed by atoms with Crippen molar-refractivity contribution in [3.05, 3.63) is 23.2 Å². The van der Waals surface area contributed by atoms with E-state index < -0.39 is 17.9 Å². The number of carbonyl (C=O) groups is 3. The number of nitrogens with one attached hydrogen (secondary N) is 1. The average molecular weight is 269 g/mol. The zero-order valence-electron chi connectivity index (χ0n) is 10.6. The van der Waals surface area contributed by atoms with E-state index in [1.54, 1.807) is 0 Å². The van der Waals surface area contributed by atoms with Crippen LogP contribution < -0.4 is 11.1 Å². The second-order valence-corrected chi connectivity index (χ2v) is 3.97. The number of aromatic carboxylic acids is 1. The number of urea groups is 1. The maximum Gasteiger partial charge on any atom is 0.339 e. The Morgan fingerprint density at radius 2 is 2.11 bits per heavy atom. The molecular formula is C11H15N3O5. The minimum atomic E-state index is -1.09. The van der Waals surface area contributed by atoms with Crippen LogP contribution in [0.5, 0.6) is 0 Å². The van der Waals surface area contributed by atoms with Crippen molar-refractivity contribution in [2.75, 3.05) is 13.6 Å². The number of carboxylic acid groups (broad SMARTS) is 1. The fraction of sp³-hybridized carbons (Fsp3) is 0.364. The molecule has 0 spiro atoms. The molecule has 4 N–H and O–H groups in total. The molecule has 0 aliphatic carbocycles. The Morgan fingerprint density at radius 3 is 2.58 bits per heavy atom. The van der Waals surface area contributed by atoms with E-state index in [2.05, 4.69) is 5.32 Å². The Kier molecular flexibility index (Phi) is 4.51. The Balaban J connectivity index is 2.57. The highest BCUT2D eigenvalue weighted by Gasteiger charge is 2.15. The molecule has 8 nitrogen and oxygen atoms in total. The highest BCUT2D eigenvalue weighted by Crippen LogP contribution is 2.14. The van der Waals surface area contributed by atoms with Gasteiger partial charge < -0.3 is 25.5 Å². The van der Waals surface area contributed by atoms with Crippen molar-refractivity contribution >= 4 is 17.9 Å². The van der Waals surface area contributed by atoms with Crippen LogP contribution in [0.25, 0.3) is 0 Å². The monoisotopic (exact) mass is 269 g/mol. The number of carbonyl (C=O) groups excluding carboxylic acids is 2. The summed E-state index contributed by atoms with van der Waals surface area (Å²) >= 11 is 0. The summed E-state index contributed by atoms with van der Waals surface area (Å²) < 4.78 is 5.18. The van der Waals surface area contributed by atoms with Crippen molar-refractivity contribution in [3.63, 3.8) is 0 Å². The van der Waals surface area contributed by atoms with E-state index in [1.165, 1.54) is 20.0 Å². The Bertz CT molecular complexity index is 508. The first-order valence-corrected chi connectivity index (χ1v) is 5.41. The van der Waals surface area contributed by atoms with Gasteiger partial charge in [-0.05, 0) is 13.0 Å². The van der Waals surface area contributed by atoms with Crippen molar-refractivity contribution in [1.29, 1.82) is 0 Å². The summed E-state index contributed by atoms with van der Waals surface area (Å²) in [4.78, 5) is 34.1. The number of aryl methyl sites for hydroxylation is 1. The molecule has 0 saturated carbocycles. The third-order valence-corrected chi connectivity index (χ3v) is 2.35. The van der Waals surface area contributed by atoms with Crippen molar-refractivity contribution in [1.82, 2.24) is 10.2 Å². The maximum atomic E-state index is 11.5. The molecule has 0 unspecified atom stereocenters. The molecule has 0 saturated heterocycles. The first-order valence-electron chi connectivity index (χ1n) is 5.41. The summed E-state index contributed by atoms with van der Waals surface area (Å²) in [6.07, 6.45) is 0. The summed E-state index contributed by atoms with van der Waals surface area (Å²) in [5.74, 6) is -1.14. The van der Waals surface area contributed by atoms with Crippen LogP contribution in [-0.2, 0) is 11.3 Å². The van der Waals surface area contributed by atoms with Crippen molar-refractivity contribution in [2.45, 2.75) is 13.5 Å². The smallest absolute Gasteiger partial charge is 0.339 e. The second kappa shape index (κ2) is 5.89. The van der Waals surface area contributed by atoms with Gasteiger partial charge in [-0.1, -0.05) is 0 Å². The number of hydrogen-bond acceptors (Lipinski definition) is 4. The zero-order valence-corrected chi connectivity index (χ0v) is 10.6. The molecule has 0 aromatic carbocycles. The van der Waals surface area contributed by atoms with Gasteiger partial charge in [-0.15, -0.1) is 0 Å². The van der Waals surface area contributed by atoms with E-state index in [1.807, 2.05) is 0 Å². The normalized spacial score (nSPS) is 10.0. The van der Waals surface area contributed by atoms with Crippen LogP contribution in [0.2, 0.25) is 0 Å². The second-order valence-electron chi connectivity index (χ2n) is 3.97. The number of likely N-dealkylation sites (N-methyl/N-ethyl adjacent to an activating group) is 1. The van der Waals surface area contributed by atoms with Crippen LogP contribution >= 0.6 is 0 Å². The number of nitrogens with two attached hydrogens (primary N) is 1. The molecule has 0 fully saturated rings. The molecule has 1 heterocycles. The van der Waals surface area contributed by atoms with Crippen LogP contribution in [0.4, 0.5) is 4.79 Å². The molecule has 3 amide bonds. The third-order valence-electron chi connectivity index (χ3n) is 2.35. The molecule has 1 aromatic rings. The standard InChI is InChI=1S/C11H15N3O5/c1-6-8(10(16)17)3-7(19-6)4-13-11(18)14(2)5-9(12)15/h3H,4-5H2,1-2H3,(H2,12,15)(H,13,18)(H,16,17). The molecule has 0 atom stereocenters. The number of hydrogen-bond donors (Lipinski definition) is 3. The highest BCUT2D eigenvalue weighted by molar-refractivity contribution is 5.88. The summed E-state index contributed by atoms with van der Waals surface area (Å²) in [6.45, 7) is 1.34. The molecule has 19 heavy (non-hydrogen) atoms. The SMILES string of the molecule is Cc1oc(CNC(=O)N(C)CC(N)=O)cc1C(=O)O. The lowest BCUT2D eigenvalue weighted by Gasteiger charge is -2.15. The van der Waals surface area contributed by atoms with Gasteiger partial charge in [0.1, 0.15) is 23.6 Å². The van der Waals surface area contributed by atoms with Gasteiger partial charge in [-0.3, -0.25) is 4.79 Å². The van der Waals surface area contributed by atoms with E-state index in [0.29, 0.717) is 5.76 Å². The van der Waals surface area contributed by atoms with Crippen molar-refractivity contribution in [2.24, 2.45) is 5.73 Å². The minimum Gasteiger partial charge on any atom is -0.478 e. The van der Waals surface area contributed by atoms with E-state index in [9.17, 15) is 14.4 Å². The largest absolute Gasteiger partial charge is 0.478 e. The van der Waals surface area contributed by atoms with Crippen LogP contribution in [0.3, 0.4) is 0 Å². The molecule has 0 bridgehead atoms. The number of furan rings is 1. The van der Waals surface area contributed by atoms with Gasteiger partial charge in [0.2, 0.25) is 5.91 Å². The van der Waals surface area contributed by atoms with Crippen LogP contribution in [0.1, 0.15) is 21.9 Å². The molecule has 0 aliphatic heterocycles. The van der Waals surface area contributed by atoms with Gasteiger partial charge >= 0.3 is 12.0 Å². The Hall–Kier alpha value is -2.51.